The largest absolute Gasteiger partial charge is 0.462 e. The predicted molar refractivity (Wildman–Crippen MR) is 120 cm³/mol. The average molecular weight is 442 g/mol. The summed E-state index contributed by atoms with van der Waals surface area (Å²) in [4.78, 5) is 26.2. The van der Waals surface area contributed by atoms with E-state index in [9.17, 15) is 4.79 Å². The summed E-state index contributed by atoms with van der Waals surface area (Å²) in [5.74, 6) is 0.437. The van der Waals surface area contributed by atoms with E-state index in [4.69, 9.17) is 14.2 Å². The van der Waals surface area contributed by atoms with Crippen LogP contribution in [0, 0.1) is 6.92 Å². The molecular formula is C23H31N5O4. The van der Waals surface area contributed by atoms with Crippen molar-refractivity contribution in [2.75, 3.05) is 70.7 Å². The first-order valence-electron chi connectivity index (χ1n) is 11.2. The van der Waals surface area contributed by atoms with Crippen LogP contribution in [0.2, 0.25) is 0 Å². The molecule has 1 aromatic heterocycles. The molecule has 0 unspecified atom stereocenters. The lowest BCUT2D eigenvalue weighted by Crippen LogP contribution is -2.39. The van der Waals surface area contributed by atoms with Gasteiger partial charge in [-0.1, -0.05) is 29.8 Å². The molecule has 0 radical (unpaired) electrons. The molecule has 0 saturated carbocycles. The minimum absolute atomic E-state index is 0.225. The lowest BCUT2D eigenvalue weighted by molar-refractivity contribution is 0.0317. The summed E-state index contributed by atoms with van der Waals surface area (Å²) in [5.41, 5.74) is 2.50. The van der Waals surface area contributed by atoms with Crippen LogP contribution in [0.25, 0.3) is 0 Å². The first-order valence-corrected chi connectivity index (χ1v) is 11.2. The van der Waals surface area contributed by atoms with Crippen molar-refractivity contribution in [1.82, 2.24) is 20.2 Å². The monoisotopic (exact) mass is 441 g/mol. The Morgan fingerprint density at radius 1 is 1.06 bits per heavy atom. The van der Waals surface area contributed by atoms with Gasteiger partial charge >= 0.3 is 6.01 Å². The number of hydrogen-bond donors (Lipinski definition) is 1. The van der Waals surface area contributed by atoms with Crippen molar-refractivity contribution in [2.45, 2.75) is 13.5 Å². The summed E-state index contributed by atoms with van der Waals surface area (Å²) in [6.45, 7) is 9.66. The van der Waals surface area contributed by atoms with Gasteiger partial charge < -0.3 is 24.4 Å². The summed E-state index contributed by atoms with van der Waals surface area (Å²) in [6, 6.07) is 10.0. The molecule has 1 aromatic carbocycles. The topological polar surface area (TPSA) is 89.1 Å². The van der Waals surface area contributed by atoms with Gasteiger partial charge in [-0.3, -0.25) is 9.69 Å². The maximum atomic E-state index is 12.9. The molecular weight excluding hydrogens is 410 g/mol. The maximum Gasteiger partial charge on any atom is 0.319 e. The van der Waals surface area contributed by atoms with Crippen LogP contribution in [-0.2, 0) is 16.0 Å². The van der Waals surface area contributed by atoms with Gasteiger partial charge in [-0.25, -0.2) is 0 Å². The van der Waals surface area contributed by atoms with Gasteiger partial charge in [0, 0.05) is 45.3 Å². The van der Waals surface area contributed by atoms with Crippen molar-refractivity contribution in [3.05, 3.63) is 47.2 Å². The Kier molecular flexibility index (Phi) is 7.87. The molecule has 2 fully saturated rings. The van der Waals surface area contributed by atoms with Gasteiger partial charge in [0.1, 0.15) is 18.1 Å². The Labute approximate surface area is 188 Å². The van der Waals surface area contributed by atoms with Crippen molar-refractivity contribution in [2.24, 2.45) is 0 Å². The fraction of sp³-hybridized carbons (Fsp3) is 0.522. The smallest absolute Gasteiger partial charge is 0.319 e. The summed E-state index contributed by atoms with van der Waals surface area (Å²) in [7, 11) is 0. The van der Waals surface area contributed by atoms with Crippen LogP contribution in [-0.4, -0.2) is 86.5 Å². The highest BCUT2D eigenvalue weighted by atomic mass is 16.5. The number of rotatable bonds is 8. The van der Waals surface area contributed by atoms with E-state index in [0.29, 0.717) is 51.0 Å². The van der Waals surface area contributed by atoms with Crippen LogP contribution in [0.4, 0.5) is 5.82 Å². The average Bonchev–Trinajstić information content (AvgIpc) is 2.84. The number of ether oxygens (including phenoxy) is 3. The standard InChI is InChI=1S/C23H31N5O4/c1-18-3-2-4-19(15-18)17-24-22(29)20-16-21(28-8-12-31-13-9-28)26-23(25-20)32-14-7-27-5-10-30-11-6-27/h2-4,15-16H,5-14,17H2,1H3,(H,24,29). The number of nitrogens with zero attached hydrogens (tertiary/aromatic N) is 4. The van der Waals surface area contributed by atoms with Gasteiger partial charge in [-0.2, -0.15) is 9.97 Å². The molecule has 0 bridgehead atoms. The van der Waals surface area contributed by atoms with E-state index < -0.39 is 0 Å². The molecule has 2 aromatic rings. The third-order valence-electron chi connectivity index (χ3n) is 5.54. The molecule has 0 aliphatic carbocycles. The molecule has 2 aliphatic rings. The maximum absolute atomic E-state index is 12.9. The summed E-state index contributed by atoms with van der Waals surface area (Å²) in [5, 5.41) is 2.96. The van der Waals surface area contributed by atoms with Crippen LogP contribution >= 0.6 is 0 Å². The van der Waals surface area contributed by atoms with Crippen molar-refractivity contribution < 1.29 is 19.0 Å². The van der Waals surface area contributed by atoms with Crippen LogP contribution < -0.4 is 15.0 Å². The van der Waals surface area contributed by atoms with E-state index in [1.165, 1.54) is 0 Å². The first-order chi connectivity index (χ1) is 15.7. The molecule has 1 amide bonds. The zero-order valence-electron chi connectivity index (χ0n) is 18.6. The van der Waals surface area contributed by atoms with Gasteiger partial charge in [0.2, 0.25) is 0 Å². The minimum atomic E-state index is -0.249. The van der Waals surface area contributed by atoms with E-state index in [-0.39, 0.29) is 11.9 Å². The Balaban J connectivity index is 1.43. The van der Waals surface area contributed by atoms with E-state index in [2.05, 4.69) is 31.2 Å². The number of amides is 1. The molecule has 9 nitrogen and oxygen atoms in total. The summed E-state index contributed by atoms with van der Waals surface area (Å²) < 4.78 is 16.7. The van der Waals surface area contributed by atoms with Crippen molar-refractivity contribution in [3.63, 3.8) is 0 Å². The van der Waals surface area contributed by atoms with Gasteiger partial charge in [-0.05, 0) is 12.5 Å². The predicted octanol–water partition coefficient (Wildman–Crippen LogP) is 1.26. The highest BCUT2D eigenvalue weighted by Crippen LogP contribution is 2.18. The Hall–Kier alpha value is -2.75. The van der Waals surface area contributed by atoms with Gasteiger partial charge in [0.05, 0.1) is 26.4 Å². The van der Waals surface area contributed by atoms with E-state index >= 15 is 0 Å². The highest BCUT2D eigenvalue weighted by molar-refractivity contribution is 5.93. The van der Waals surface area contributed by atoms with Gasteiger partial charge in [0.25, 0.3) is 5.91 Å². The van der Waals surface area contributed by atoms with Crippen LogP contribution in [0.1, 0.15) is 21.6 Å². The quantitative estimate of drug-likeness (QED) is 0.655. The first kappa shape index (κ1) is 22.4. The summed E-state index contributed by atoms with van der Waals surface area (Å²) >= 11 is 0. The molecule has 2 saturated heterocycles. The molecule has 0 spiro atoms. The number of hydrogen-bond acceptors (Lipinski definition) is 8. The number of aromatic nitrogens is 2. The number of carbonyl (C=O) groups is 1. The molecule has 9 heteroatoms. The molecule has 2 aliphatic heterocycles. The van der Waals surface area contributed by atoms with Crippen molar-refractivity contribution in [3.8, 4) is 6.01 Å². The Bertz CT molecular complexity index is 898. The zero-order chi connectivity index (χ0) is 22.2. The van der Waals surface area contributed by atoms with E-state index in [0.717, 1.165) is 44.0 Å². The minimum Gasteiger partial charge on any atom is -0.462 e. The normalized spacial score (nSPS) is 17.2. The molecule has 0 atom stereocenters. The molecule has 32 heavy (non-hydrogen) atoms. The molecule has 4 rings (SSSR count). The third kappa shape index (κ3) is 6.38. The van der Waals surface area contributed by atoms with Crippen molar-refractivity contribution in [1.29, 1.82) is 0 Å². The second-order valence-electron chi connectivity index (χ2n) is 7.97. The third-order valence-corrected chi connectivity index (χ3v) is 5.54. The van der Waals surface area contributed by atoms with Crippen LogP contribution in [0.5, 0.6) is 6.01 Å². The number of aryl methyl sites for hydroxylation is 1. The molecule has 1 N–H and O–H groups in total. The van der Waals surface area contributed by atoms with E-state index in [1.807, 2.05) is 25.1 Å². The number of nitrogens with one attached hydrogen (secondary N) is 1. The van der Waals surface area contributed by atoms with Gasteiger partial charge in [-0.15, -0.1) is 0 Å². The lowest BCUT2D eigenvalue weighted by Gasteiger charge is -2.28. The molecule has 172 valence electrons. The van der Waals surface area contributed by atoms with Crippen LogP contribution in [0.15, 0.2) is 30.3 Å². The van der Waals surface area contributed by atoms with Gasteiger partial charge in [0.15, 0.2) is 0 Å². The van der Waals surface area contributed by atoms with Crippen molar-refractivity contribution >= 4 is 11.7 Å². The fourth-order valence-electron chi connectivity index (χ4n) is 3.73. The fourth-order valence-corrected chi connectivity index (χ4v) is 3.73. The summed E-state index contributed by atoms with van der Waals surface area (Å²) in [6.07, 6.45) is 0. The highest BCUT2D eigenvalue weighted by Gasteiger charge is 2.19. The molecule has 3 heterocycles. The number of benzene rings is 1. The number of carbonyl (C=O) groups excluding carboxylic acids is 1. The van der Waals surface area contributed by atoms with E-state index in [1.54, 1.807) is 6.07 Å². The Morgan fingerprint density at radius 3 is 2.56 bits per heavy atom. The SMILES string of the molecule is Cc1cccc(CNC(=O)c2cc(N3CCOCC3)nc(OCCN3CCOCC3)n2)c1. The number of anilines is 1. The number of morpholine rings is 2. The zero-order valence-corrected chi connectivity index (χ0v) is 18.6. The lowest BCUT2D eigenvalue weighted by atomic mass is 10.1. The second kappa shape index (κ2) is 11.2. The Morgan fingerprint density at radius 2 is 1.81 bits per heavy atom. The second-order valence-corrected chi connectivity index (χ2v) is 7.97. The van der Waals surface area contributed by atoms with Crippen LogP contribution in [0.3, 0.4) is 0 Å².